The van der Waals surface area contributed by atoms with E-state index in [1.807, 2.05) is 38.4 Å². The van der Waals surface area contributed by atoms with Crippen LogP contribution in [0.2, 0.25) is 0 Å². The first-order valence-corrected chi connectivity index (χ1v) is 10.1. The minimum Gasteiger partial charge on any atom is -0.378 e. The van der Waals surface area contributed by atoms with E-state index in [0.29, 0.717) is 5.92 Å². The predicted octanol–water partition coefficient (Wildman–Crippen LogP) is 5.42. The molecule has 0 aliphatic carbocycles. The first kappa shape index (κ1) is 21.0. The quantitative estimate of drug-likeness (QED) is 0.554. The smallest absolute Gasteiger partial charge is 0.193 e. The van der Waals surface area contributed by atoms with E-state index >= 15 is 0 Å². The van der Waals surface area contributed by atoms with Gasteiger partial charge in [-0.25, -0.2) is 0 Å². The van der Waals surface area contributed by atoms with Crippen LogP contribution in [0.4, 0.5) is 11.4 Å². The molecule has 2 aromatic rings. The van der Waals surface area contributed by atoms with E-state index in [1.165, 1.54) is 5.69 Å². The molecule has 3 heteroatoms. The van der Waals surface area contributed by atoms with Gasteiger partial charge in [-0.1, -0.05) is 20.3 Å². The second kappa shape index (κ2) is 9.59. The summed E-state index contributed by atoms with van der Waals surface area (Å²) in [5, 5.41) is 0. The van der Waals surface area contributed by atoms with Gasteiger partial charge in [0.1, 0.15) is 0 Å². The molecule has 1 unspecified atom stereocenters. The molecule has 0 aliphatic heterocycles. The van der Waals surface area contributed by atoms with Crippen LogP contribution in [-0.4, -0.2) is 33.0 Å². The third-order valence-electron chi connectivity index (χ3n) is 5.37. The van der Waals surface area contributed by atoms with Crippen molar-refractivity contribution in [3.63, 3.8) is 0 Å². The summed E-state index contributed by atoms with van der Waals surface area (Å²) in [6.45, 7) is 10.7. The molecule has 0 radical (unpaired) electrons. The van der Waals surface area contributed by atoms with E-state index in [2.05, 4.69) is 55.7 Å². The van der Waals surface area contributed by atoms with Crippen LogP contribution >= 0.6 is 0 Å². The zero-order valence-corrected chi connectivity index (χ0v) is 17.7. The minimum absolute atomic E-state index is 0.115. The Bertz CT molecular complexity index is 745. The number of carbonyl (C=O) groups is 1. The number of nitrogens with zero attached hydrogens (tertiary/aromatic N) is 2. The number of hydrogen-bond acceptors (Lipinski definition) is 3. The van der Waals surface area contributed by atoms with Crippen LogP contribution in [0.1, 0.15) is 55.6 Å². The molecule has 0 aromatic heterocycles. The monoisotopic (exact) mass is 366 g/mol. The second-order valence-electron chi connectivity index (χ2n) is 7.50. The fourth-order valence-corrected chi connectivity index (χ4v) is 3.34. The van der Waals surface area contributed by atoms with Crippen molar-refractivity contribution in [2.45, 2.75) is 40.5 Å². The van der Waals surface area contributed by atoms with E-state index < -0.39 is 0 Å². The first-order valence-electron chi connectivity index (χ1n) is 10.1. The van der Waals surface area contributed by atoms with Gasteiger partial charge in [-0.05, 0) is 74.2 Å². The molecule has 0 spiro atoms. The lowest BCUT2D eigenvalue weighted by Crippen LogP contribution is -2.21. The average molecular weight is 367 g/mol. The van der Waals surface area contributed by atoms with Crippen LogP contribution in [0, 0.1) is 5.92 Å². The molecule has 0 heterocycles. The van der Waals surface area contributed by atoms with Crippen LogP contribution in [0.3, 0.4) is 0 Å². The largest absolute Gasteiger partial charge is 0.378 e. The Morgan fingerprint density at radius 2 is 1.52 bits per heavy atom. The van der Waals surface area contributed by atoms with E-state index in [-0.39, 0.29) is 5.78 Å². The molecule has 0 saturated carbocycles. The number of anilines is 2. The number of benzene rings is 2. The SMILES string of the molecule is CCC(C)Cc1cc(N(C)C)ccc1C(=O)c1ccc(N(CC)CC)cc1. The van der Waals surface area contributed by atoms with Crippen LogP contribution in [0.5, 0.6) is 0 Å². The fourth-order valence-electron chi connectivity index (χ4n) is 3.34. The average Bonchev–Trinajstić information content (AvgIpc) is 2.68. The van der Waals surface area contributed by atoms with Gasteiger partial charge < -0.3 is 9.80 Å². The highest BCUT2D eigenvalue weighted by molar-refractivity contribution is 6.10. The molecule has 27 heavy (non-hydrogen) atoms. The van der Waals surface area contributed by atoms with Crippen LogP contribution in [0.25, 0.3) is 0 Å². The molecule has 2 aromatic carbocycles. The number of carbonyl (C=O) groups excluding carboxylic acids is 1. The van der Waals surface area contributed by atoms with Crippen molar-refractivity contribution in [1.82, 2.24) is 0 Å². The molecule has 3 nitrogen and oxygen atoms in total. The molecule has 146 valence electrons. The molecule has 2 rings (SSSR count). The lowest BCUT2D eigenvalue weighted by atomic mass is 9.91. The van der Waals surface area contributed by atoms with Crippen LogP contribution in [-0.2, 0) is 6.42 Å². The molecular formula is C24H34N2O. The van der Waals surface area contributed by atoms with Gasteiger partial charge in [0, 0.05) is 49.7 Å². The number of hydrogen-bond donors (Lipinski definition) is 0. The summed E-state index contributed by atoms with van der Waals surface area (Å²) in [5.41, 5.74) is 5.04. The van der Waals surface area contributed by atoms with Crippen molar-refractivity contribution in [2.24, 2.45) is 5.92 Å². The zero-order valence-electron chi connectivity index (χ0n) is 17.7. The topological polar surface area (TPSA) is 23.6 Å². The Kier molecular flexibility index (Phi) is 7.46. The highest BCUT2D eigenvalue weighted by Gasteiger charge is 2.16. The van der Waals surface area contributed by atoms with Gasteiger partial charge in [-0.3, -0.25) is 4.79 Å². The molecule has 0 amide bonds. The van der Waals surface area contributed by atoms with E-state index in [4.69, 9.17) is 0 Å². The number of rotatable bonds is 9. The van der Waals surface area contributed by atoms with Crippen molar-refractivity contribution in [3.05, 3.63) is 59.2 Å². The van der Waals surface area contributed by atoms with E-state index in [9.17, 15) is 4.79 Å². The van der Waals surface area contributed by atoms with Crippen molar-refractivity contribution < 1.29 is 4.79 Å². The molecule has 0 aliphatic rings. The molecule has 1 atom stereocenters. The van der Waals surface area contributed by atoms with Gasteiger partial charge in [0.05, 0.1) is 0 Å². The van der Waals surface area contributed by atoms with E-state index in [1.54, 1.807) is 0 Å². The summed E-state index contributed by atoms with van der Waals surface area (Å²) in [4.78, 5) is 17.6. The summed E-state index contributed by atoms with van der Waals surface area (Å²) < 4.78 is 0. The highest BCUT2D eigenvalue weighted by atomic mass is 16.1. The molecule has 0 N–H and O–H groups in total. The van der Waals surface area contributed by atoms with Crippen LogP contribution < -0.4 is 9.80 Å². The van der Waals surface area contributed by atoms with Gasteiger partial charge >= 0.3 is 0 Å². The maximum atomic E-state index is 13.2. The van der Waals surface area contributed by atoms with Gasteiger partial charge in [-0.2, -0.15) is 0 Å². The maximum Gasteiger partial charge on any atom is 0.193 e. The summed E-state index contributed by atoms with van der Waals surface area (Å²) in [5.74, 6) is 0.670. The van der Waals surface area contributed by atoms with Crippen molar-refractivity contribution >= 4 is 17.2 Å². The standard InChI is InChI=1S/C24H34N2O/c1-7-18(4)16-20-17-22(25(5)6)14-15-23(20)24(27)19-10-12-21(13-11-19)26(8-2)9-3/h10-15,17-18H,7-9,16H2,1-6H3. The lowest BCUT2D eigenvalue weighted by Gasteiger charge is -2.21. The summed E-state index contributed by atoms with van der Waals surface area (Å²) in [6, 6.07) is 14.2. The van der Waals surface area contributed by atoms with Crippen LogP contribution in [0.15, 0.2) is 42.5 Å². The van der Waals surface area contributed by atoms with Gasteiger partial charge in [0.15, 0.2) is 5.78 Å². The predicted molar refractivity (Wildman–Crippen MR) is 117 cm³/mol. The van der Waals surface area contributed by atoms with E-state index in [0.717, 1.165) is 48.3 Å². The van der Waals surface area contributed by atoms with Crippen molar-refractivity contribution in [3.8, 4) is 0 Å². The first-order chi connectivity index (χ1) is 12.9. The third kappa shape index (κ3) is 5.12. The Morgan fingerprint density at radius 1 is 0.926 bits per heavy atom. The molecule has 0 bridgehead atoms. The van der Waals surface area contributed by atoms with Gasteiger partial charge in [-0.15, -0.1) is 0 Å². The zero-order chi connectivity index (χ0) is 20.0. The maximum absolute atomic E-state index is 13.2. The summed E-state index contributed by atoms with van der Waals surface area (Å²) in [7, 11) is 4.07. The second-order valence-corrected chi connectivity index (χ2v) is 7.50. The Morgan fingerprint density at radius 3 is 2.04 bits per heavy atom. The Balaban J connectivity index is 2.36. The molecule has 0 fully saturated rings. The number of ketones is 1. The van der Waals surface area contributed by atoms with Crippen molar-refractivity contribution in [1.29, 1.82) is 0 Å². The molecule has 0 saturated heterocycles. The third-order valence-corrected chi connectivity index (χ3v) is 5.37. The van der Waals surface area contributed by atoms with Crippen molar-refractivity contribution in [2.75, 3.05) is 37.0 Å². The lowest BCUT2D eigenvalue weighted by molar-refractivity contribution is 0.103. The Labute approximate surface area is 165 Å². The minimum atomic E-state index is 0.115. The van der Waals surface area contributed by atoms with Gasteiger partial charge in [0.2, 0.25) is 0 Å². The van der Waals surface area contributed by atoms with Gasteiger partial charge in [0.25, 0.3) is 0 Å². The normalized spacial score (nSPS) is 11.9. The highest BCUT2D eigenvalue weighted by Crippen LogP contribution is 2.25. The Hall–Kier alpha value is -2.29. The molecular weight excluding hydrogens is 332 g/mol. The summed E-state index contributed by atoms with van der Waals surface area (Å²) in [6.07, 6.45) is 2.04. The fraction of sp³-hybridized carbons (Fsp3) is 0.458. The summed E-state index contributed by atoms with van der Waals surface area (Å²) >= 11 is 0.